The number of aryl methyl sites for hydroxylation is 1. The van der Waals surface area contributed by atoms with Gasteiger partial charge >= 0.3 is 6.03 Å². The van der Waals surface area contributed by atoms with Crippen molar-refractivity contribution >= 4 is 22.5 Å². The van der Waals surface area contributed by atoms with E-state index in [2.05, 4.69) is 32.4 Å². The largest absolute Gasteiger partial charge is 0.481 e. The third-order valence-electron chi connectivity index (χ3n) is 3.84. The Hall–Kier alpha value is -2.63. The first-order valence-electron chi connectivity index (χ1n) is 8.77. The Kier molecular flexibility index (Phi) is 6.63. The van der Waals surface area contributed by atoms with Crippen molar-refractivity contribution in [3.63, 3.8) is 0 Å². The van der Waals surface area contributed by atoms with Crippen LogP contribution in [-0.2, 0) is 4.74 Å². The Morgan fingerprint density at radius 1 is 1.33 bits per heavy atom. The first-order chi connectivity index (χ1) is 13.1. The maximum absolute atomic E-state index is 11.9. The van der Waals surface area contributed by atoms with Gasteiger partial charge in [0.2, 0.25) is 5.88 Å². The fourth-order valence-electron chi connectivity index (χ4n) is 2.20. The van der Waals surface area contributed by atoms with Crippen molar-refractivity contribution in [2.24, 2.45) is 5.92 Å². The topological polar surface area (TPSA) is 85.4 Å². The van der Waals surface area contributed by atoms with Crippen LogP contribution in [0.3, 0.4) is 0 Å². The van der Waals surface area contributed by atoms with Crippen LogP contribution in [0.15, 0.2) is 18.2 Å². The van der Waals surface area contributed by atoms with Gasteiger partial charge in [0.15, 0.2) is 5.13 Å². The summed E-state index contributed by atoms with van der Waals surface area (Å²) in [5, 5.41) is 5.99. The van der Waals surface area contributed by atoms with Gasteiger partial charge in [0, 0.05) is 19.2 Å². The van der Waals surface area contributed by atoms with Gasteiger partial charge in [-0.05, 0) is 43.6 Å². The number of carbonyl (C=O) groups excluding carboxylic acids is 1. The summed E-state index contributed by atoms with van der Waals surface area (Å²) >= 11 is 1.33. The molecule has 2 aromatic heterocycles. The third-order valence-corrected chi connectivity index (χ3v) is 4.82. The normalized spacial score (nSPS) is 12.8. The van der Waals surface area contributed by atoms with Crippen LogP contribution in [0.4, 0.5) is 9.93 Å². The predicted octanol–water partition coefficient (Wildman–Crippen LogP) is 2.80. The fraction of sp³-hybridized carbons (Fsp3) is 0.421. The molecule has 27 heavy (non-hydrogen) atoms. The van der Waals surface area contributed by atoms with Crippen LogP contribution >= 0.6 is 11.3 Å². The van der Waals surface area contributed by atoms with Crippen LogP contribution in [-0.4, -0.2) is 42.9 Å². The van der Waals surface area contributed by atoms with E-state index in [0.717, 1.165) is 23.1 Å². The summed E-state index contributed by atoms with van der Waals surface area (Å²) in [5.74, 6) is 7.28. The molecule has 142 valence electrons. The highest BCUT2D eigenvalue weighted by Crippen LogP contribution is 2.28. The Labute approximate surface area is 162 Å². The van der Waals surface area contributed by atoms with Crippen LogP contribution in [0.5, 0.6) is 5.88 Å². The van der Waals surface area contributed by atoms with Crippen molar-refractivity contribution < 1.29 is 14.3 Å². The molecule has 7 nitrogen and oxygen atoms in total. The number of carbonyl (C=O) groups is 1. The second-order valence-corrected chi connectivity index (χ2v) is 7.15. The van der Waals surface area contributed by atoms with Crippen LogP contribution in [0.1, 0.15) is 29.1 Å². The first-order valence-corrected chi connectivity index (χ1v) is 9.59. The molecule has 1 aliphatic rings. The highest BCUT2D eigenvalue weighted by molar-refractivity contribution is 7.16. The number of amides is 2. The number of hydrogen-bond donors (Lipinski definition) is 2. The molecule has 2 aromatic rings. The van der Waals surface area contributed by atoms with Crippen molar-refractivity contribution in [1.82, 2.24) is 15.3 Å². The van der Waals surface area contributed by atoms with Gasteiger partial charge in [-0.2, -0.15) is 0 Å². The predicted molar refractivity (Wildman–Crippen MR) is 104 cm³/mol. The quantitative estimate of drug-likeness (QED) is 0.565. The van der Waals surface area contributed by atoms with Crippen LogP contribution in [0, 0.1) is 24.7 Å². The van der Waals surface area contributed by atoms with E-state index in [1.54, 1.807) is 13.2 Å². The Morgan fingerprint density at radius 3 is 2.96 bits per heavy atom. The summed E-state index contributed by atoms with van der Waals surface area (Å²) < 4.78 is 10.6. The van der Waals surface area contributed by atoms with Gasteiger partial charge in [-0.15, -0.1) is 0 Å². The minimum Gasteiger partial charge on any atom is -0.481 e. The standard InChI is InChI=1S/C19H22N4O3S/c1-13-16(9-8-15-4-3-5-17(22-15)25-2)27-19(21-13)23-18(24)20-10-11-26-12-14-6-7-14/h3-5,14H,6-7,10-12H2,1-2H3,(H2,20,21,23,24). The monoisotopic (exact) mass is 386 g/mol. The summed E-state index contributed by atoms with van der Waals surface area (Å²) in [7, 11) is 1.56. The van der Waals surface area contributed by atoms with E-state index in [9.17, 15) is 4.79 Å². The smallest absolute Gasteiger partial charge is 0.321 e. The van der Waals surface area contributed by atoms with E-state index in [1.807, 2.05) is 19.1 Å². The van der Waals surface area contributed by atoms with E-state index in [0.29, 0.717) is 29.9 Å². The number of ether oxygens (including phenoxy) is 2. The molecular weight excluding hydrogens is 364 g/mol. The number of nitrogens with zero attached hydrogens (tertiary/aromatic N) is 2. The molecule has 0 saturated heterocycles. The van der Waals surface area contributed by atoms with Crippen LogP contribution in [0.2, 0.25) is 0 Å². The van der Waals surface area contributed by atoms with Crippen molar-refractivity contribution in [1.29, 1.82) is 0 Å². The second kappa shape index (κ2) is 9.35. The van der Waals surface area contributed by atoms with Crippen molar-refractivity contribution in [3.8, 4) is 17.7 Å². The molecule has 2 heterocycles. The van der Waals surface area contributed by atoms with E-state index >= 15 is 0 Å². The summed E-state index contributed by atoms with van der Waals surface area (Å²) in [5.41, 5.74) is 1.37. The lowest BCUT2D eigenvalue weighted by Gasteiger charge is -2.05. The lowest BCUT2D eigenvalue weighted by molar-refractivity contribution is 0.127. The molecule has 1 aliphatic carbocycles. The lowest BCUT2D eigenvalue weighted by atomic mass is 10.3. The van der Waals surface area contributed by atoms with Crippen molar-refractivity contribution in [3.05, 3.63) is 34.5 Å². The maximum Gasteiger partial charge on any atom is 0.321 e. The average molecular weight is 386 g/mol. The summed E-state index contributed by atoms with van der Waals surface area (Å²) in [6.07, 6.45) is 2.52. The molecule has 0 radical (unpaired) electrons. The molecule has 0 spiro atoms. The Bertz CT molecular complexity index is 852. The second-order valence-electron chi connectivity index (χ2n) is 6.15. The molecule has 0 aromatic carbocycles. The van der Waals surface area contributed by atoms with Crippen LogP contribution in [0.25, 0.3) is 0 Å². The van der Waals surface area contributed by atoms with Gasteiger partial charge in [0.25, 0.3) is 0 Å². The highest BCUT2D eigenvalue weighted by Gasteiger charge is 2.20. The molecule has 0 atom stereocenters. The van der Waals surface area contributed by atoms with Gasteiger partial charge in [-0.3, -0.25) is 5.32 Å². The van der Waals surface area contributed by atoms with E-state index in [1.165, 1.54) is 24.2 Å². The van der Waals surface area contributed by atoms with E-state index in [4.69, 9.17) is 9.47 Å². The maximum atomic E-state index is 11.9. The highest BCUT2D eigenvalue weighted by atomic mass is 32.1. The number of pyridine rings is 1. The van der Waals surface area contributed by atoms with Gasteiger partial charge < -0.3 is 14.8 Å². The lowest BCUT2D eigenvalue weighted by Crippen LogP contribution is -2.31. The Morgan fingerprint density at radius 2 is 2.19 bits per heavy atom. The van der Waals surface area contributed by atoms with Crippen molar-refractivity contribution in [2.45, 2.75) is 19.8 Å². The molecule has 3 rings (SSSR count). The molecule has 1 saturated carbocycles. The number of hydrogen-bond acceptors (Lipinski definition) is 6. The van der Waals surface area contributed by atoms with Gasteiger partial charge in [-0.25, -0.2) is 14.8 Å². The zero-order valence-electron chi connectivity index (χ0n) is 15.4. The number of urea groups is 1. The van der Waals surface area contributed by atoms with Gasteiger partial charge in [0.05, 0.1) is 19.4 Å². The number of nitrogens with one attached hydrogen (secondary N) is 2. The molecule has 1 fully saturated rings. The van der Waals surface area contributed by atoms with Crippen LogP contribution < -0.4 is 15.4 Å². The van der Waals surface area contributed by atoms with Crippen molar-refractivity contribution in [2.75, 3.05) is 32.2 Å². The molecular formula is C19H22N4O3S. The number of methoxy groups -OCH3 is 1. The summed E-state index contributed by atoms with van der Waals surface area (Å²) in [6.45, 7) is 3.63. The molecule has 0 bridgehead atoms. The minimum absolute atomic E-state index is 0.298. The summed E-state index contributed by atoms with van der Waals surface area (Å²) in [4.78, 5) is 21.3. The summed E-state index contributed by atoms with van der Waals surface area (Å²) in [6, 6.07) is 5.11. The third kappa shape index (κ3) is 6.24. The number of aromatic nitrogens is 2. The molecule has 2 N–H and O–H groups in total. The zero-order valence-corrected chi connectivity index (χ0v) is 16.2. The van der Waals surface area contributed by atoms with E-state index in [-0.39, 0.29) is 6.03 Å². The number of anilines is 1. The molecule has 0 unspecified atom stereocenters. The molecule has 0 aliphatic heterocycles. The van der Waals surface area contributed by atoms with Gasteiger partial charge in [0.1, 0.15) is 10.6 Å². The number of rotatable bonds is 7. The van der Waals surface area contributed by atoms with E-state index < -0.39 is 0 Å². The van der Waals surface area contributed by atoms with Gasteiger partial charge in [-0.1, -0.05) is 17.4 Å². The average Bonchev–Trinajstić information content (AvgIpc) is 3.42. The molecule has 2 amide bonds. The Balaban J connectivity index is 1.49. The first kappa shape index (κ1) is 19.1. The zero-order chi connectivity index (χ0) is 19.1. The number of thiazole rings is 1. The fourth-order valence-corrected chi connectivity index (χ4v) is 3.01. The minimum atomic E-state index is -0.298. The molecule has 8 heteroatoms. The SMILES string of the molecule is COc1cccc(C#Cc2sc(NC(=O)NCCOCC3CC3)nc2C)n1.